The molecule has 1 fully saturated rings. The number of halogens is 1. The highest BCUT2D eigenvalue weighted by molar-refractivity contribution is 14.0. The largest absolute Gasteiger partial charge is 0.357 e. The first-order valence-corrected chi connectivity index (χ1v) is 11.8. The Morgan fingerprint density at radius 3 is 2.61 bits per heavy atom. The third-order valence-corrected chi connectivity index (χ3v) is 5.90. The van der Waals surface area contributed by atoms with Crippen molar-refractivity contribution in [3.63, 3.8) is 0 Å². The summed E-state index contributed by atoms with van der Waals surface area (Å²) >= 11 is 0. The van der Waals surface area contributed by atoms with E-state index in [2.05, 4.69) is 64.2 Å². The number of benzene rings is 2. The van der Waals surface area contributed by atoms with Crippen LogP contribution in [-0.2, 0) is 12.8 Å². The number of guanidine groups is 1. The minimum Gasteiger partial charge on any atom is -0.357 e. The Labute approximate surface area is 215 Å². The summed E-state index contributed by atoms with van der Waals surface area (Å²) in [5.74, 6) is 1.44. The molecule has 33 heavy (non-hydrogen) atoms. The second kappa shape index (κ2) is 14.9. The molecule has 0 aromatic heterocycles. The van der Waals surface area contributed by atoms with Crippen LogP contribution in [-0.4, -0.2) is 63.1 Å². The molecule has 1 atom stereocenters. The van der Waals surface area contributed by atoms with Crippen molar-refractivity contribution in [2.24, 2.45) is 10.9 Å². The third kappa shape index (κ3) is 9.33. The predicted molar refractivity (Wildman–Crippen MR) is 148 cm³/mol. The predicted octanol–water partition coefficient (Wildman–Crippen LogP) is 3.33. The van der Waals surface area contributed by atoms with Crippen LogP contribution in [0.4, 0.5) is 0 Å². The Bertz CT molecular complexity index is 874. The molecule has 1 amide bonds. The molecule has 2 aromatic rings. The van der Waals surface area contributed by atoms with Crippen LogP contribution in [0.25, 0.3) is 0 Å². The fourth-order valence-corrected chi connectivity index (χ4v) is 4.10. The molecule has 0 saturated carbocycles. The number of amides is 1. The number of aliphatic imine (C=N–C) groups is 1. The van der Waals surface area contributed by atoms with Crippen LogP contribution in [0.15, 0.2) is 59.6 Å². The molecule has 6 nitrogen and oxygen atoms in total. The van der Waals surface area contributed by atoms with Crippen molar-refractivity contribution >= 4 is 35.8 Å². The van der Waals surface area contributed by atoms with Gasteiger partial charge in [0.2, 0.25) is 0 Å². The van der Waals surface area contributed by atoms with Crippen LogP contribution in [0.5, 0.6) is 0 Å². The molecule has 1 aliphatic heterocycles. The fourth-order valence-electron chi connectivity index (χ4n) is 4.10. The lowest BCUT2D eigenvalue weighted by Gasteiger charge is -2.16. The minimum atomic E-state index is -0.0518. The molecule has 7 heteroatoms. The van der Waals surface area contributed by atoms with E-state index in [-0.39, 0.29) is 29.9 Å². The molecule has 1 saturated heterocycles. The van der Waals surface area contributed by atoms with Crippen molar-refractivity contribution in [1.29, 1.82) is 0 Å². The van der Waals surface area contributed by atoms with E-state index in [4.69, 9.17) is 4.99 Å². The van der Waals surface area contributed by atoms with Crippen LogP contribution in [0.2, 0.25) is 0 Å². The van der Waals surface area contributed by atoms with E-state index >= 15 is 0 Å². The van der Waals surface area contributed by atoms with E-state index < -0.39 is 0 Å². The van der Waals surface area contributed by atoms with Crippen LogP contribution < -0.4 is 16.0 Å². The number of likely N-dealkylation sites (tertiary alicyclic amines) is 1. The molecule has 0 bridgehead atoms. The summed E-state index contributed by atoms with van der Waals surface area (Å²) in [6.45, 7) is 7.97. The Morgan fingerprint density at radius 1 is 1.06 bits per heavy atom. The summed E-state index contributed by atoms with van der Waals surface area (Å²) in [4.78, 5) is 19.2. The number of nitrogens with zero attached hydrogens (tertiary/aromatic N) is 2. The lowest BCUT2D eigenvalue weighted by atomic mass is 10.1. The average molecular weight is 564 g/mol. The normalized spacial score (nSPS) is 16.2. The molecule has 0 aliphatic carbocycles. The smallest absolute Gasteiger partial charge is 0.251 e. The highest BCUT2D eigenvalue weighted by Gasteiger charge is 2.21. The van der Waals surface area contributed by atoms with E-state index in [1.807, 2.05) is 18.2 Å². The highest BCUT2D eigenvalue weighted by Crippen LogP contribution is 2.17. The monoisotopic (exact) mass is 563 g/mol. The molecule has 3 rings (SSSR count). The van der Waals surface area contributed by atoms with Gasteiger partial charge in [-0.3, -0.25) is 9.79 Å². The summed E-state index contributed by atoms with van der Waals surface area (Å²) in [5, 5.41) is 9.46. The van der Waals surface area contributed by atoms with Gasteiger partial charge < -0.3 is 20.9 Å². The second-order valence-corrected chi connectivity index (χ2v) is 8.37. The van der Waals surface area contributed by atoms with Gasteiger partial charge in [0, 0.05) is 45.3 Å². The molecule has 2 aromatic carbocycles. The van der Waals surface area contributed by atoms with Crippen LogP contribution in [0.1, 0.15) is 34.8 Å². The van der Waals surface area contributed by atoms with E-state index in [1.165, 1.54) is 18.5 Å². The van der Waals surface area contributed by atoms with Crippen LogP contribution >= 0.6 is 24.0 Å². The minimum absolute atomic E-state index is 0. The van der Waals surface area contributed by atoms with Gasteiger partial charge in [-0.05, 0) is 61.9 Å². The van der Waals surface area contributed by atoms with Crippen molar-refractivity contribution in [1.82, 2.24) is 20.9 Å². The summed E-state index contributed by atoms with van der Waals surface area (Å²) in [5.41, 5.74) is 3.25. The average Bonchev–Trinajstić information content (AvgIpc) is 3.29. The van der Waals surface area contributed by atoms with Crippen LogP contribution in [0.3, 0.4) is 0 Å². The van der Waals surface area contributed by atoms with Crippen LogP contribution in [0, 0.1) is 5.92 Å². The van der Waals surface area contributed by atoms with Gasteiger partial charge in [-0.2, -0.15) is 0 Å². The first-order valence-electron chi connectivity index (χ1n) is 11.8. The van der Waals surface area contributed by atoms with Crippen molar-refractivity contribution in [2.75, 3.05) is 46.3 Å². The first-order chi connectivity index (χ1) is 15.7. The van der Waals surface area contributed by atoms with E-state index in [0.717, 1.165) is 57.1 Å². The fraction of sp³-hybridized carbons (Fsp3) is 0.462. The quantitative estimate of drug-likeness (QED) is 0.236. The summed E-state index contributed by atoms with van der Waals surface area (Å²) < 4.78 is 0. The molecule has 1 heterocycles. The van der Waals surface area contributed by atoms with Crippen molar-refractivity contribution in [3.05, 3.63) is 71.3 Å². The molecule has 1 unspecified atom stereocenters. The van der Waals surface area contributed by atoms with Gasteiger partial charge in [-0.1, -0.05) is 42.5 Å². The summed E-state index contributed by atoms with van der Waals surface area (Å²) in [6.07, 6.45) is 3.16. The Hall–Kier alpha value is -2.13. The van der Waals surface area contributed by atoms with E-state index in [0.29, 0.717) is 11.5 Å². The highest BCUT2D eigenvalue weighted by atomic mass is 127. The second-order valence-electron chi connectivity index (χ2n) is 8.37. The van der Waals surface area contributed by atoms with Gasteiger partial charge in [-0.15, -0.1) is 24.0 Å². The van der Waals surface area contributed by atoms with Crippen molar-refractivity contribution < 1.29 is 4.79 Å². The molecular weight excluding hydrogens is 525 g/mol. The topological polar surface area (TPSA) is 68.8 Å². The summed E-state index contributed by atoms with van der Waals surface area (Å²) in [7, 11) is 1.66. The SMILES string of the molecule is CCNC(=NCC1CCN(CCc2ccccc2)C1)NCCc1cccc(C(=O)NC)c1.I. The molecule has 1 aliphatic rings. The molecule has 180 valence electrons. The molecule has 0 radical (unpaired) electrons. The number of carbonyl (C=O) groups is 1. The van der Waals surface area contributed by atoms with Gasteiger partial charge in [0.1, 0.15) is 0 Å². The maximum atomic E-state index is 11.8. The zero-order valence-electron chi connectivity index (χ0n) is 19.8. The van der Waals surface area contributed by atoms with Gasteiger partial charge >= 0.3 is 0 Å². The lowest BCUT2D eigenvalue weighted by molar-refractivity contribution is 0.0963. The van der Waals surface area contributed by atoms with Crippen molar-refractivity contribution in [3.8, 4) is 0 Å². The standard InChI is InChI=1S/C26H37N5O.HI/c1-3-28-26(29-15-12-22-10-7-11-24(18-22)25(32)27-2)30-19-23-14-17-31(20-23)16-13-21-8-5-4-6-9-21;/h4-11,18,23H,3,12-17,19-20H2,1-2H3,(H,27,32)(H2,28,29,30);1H. The molecule has 0 spiro atoms. The number of nitrogens with one attached hydrogen (secondary N) is 3. The van der Waals surface area contributed by atoms with E-state index in [1.54, 1.807) is 7.05 Å². The summed E-state index contributed by atoms with van der Waals surface area (Å²) in [6, 6.07) is 18.5. The third-order valence-electron chi connectivity index (χ3n) is 5.90. The zero-order valence-corrected chi connectivity index (χ0v) is 22.2. The maximum Gasteiger partial charge on any atom is 0.251 e. The molecular formula is C26H38IN5O. The Morgan fingerprint density at radius 2 is 1.85 bits per heavy atom. The number of hydrogen-bond acceptors (Lipinski definition) is 3. The molecule has 3 N–H and O–H groups in total. The Kier molecular flexibility index (Phi) is 12.2. The van der Waals surface area contributed by atoms with E-state index in [9.17, 15) is 4.79 Å². The van der Waals surface area contributed by atoms with Gasteiger partial charge in [0.15, 0.2) is 5.96 Å². The maximum absolute atomic E-state index is 11.8. The van der Waals surface area contributed by atoms with Gasteiger partial charge in [0.25, 0.3) is 5.91 Å². The van der Waals surface area contributed by atoms with Gasteiger partial charge in [-0.25, -0.2) is 0 Å². The van der Waals surface area contributed by atoms with Gasteiger partial charge in [0.05, 0.1) is 0 Å². The number of carbonyl (C=O) groups excluding carboxylic acids is 1. The number of rotatable bonds is 10. The van der Waals surface area contributed by atoms with Crippen molar-refractivity contribution in [2.45, 2.75) is 26.2 Å². The Balaban J connectivity index is 0.00000385. The number of hydrogen-bond donors (Lipinski definition) is 3. The first kappa shape index (κ1) is 27.1. The lowest BCUT2D eigenvalue weighted by Crippen LogP contribution is -2.38. The zero-order chi connectivity index (χ0) is 22.6.